The van der Waals surface area contributed by atoms with Crippen molar-refractivity contribution in [3.63, 3.8) is 0 Å². The second-order valence-corrected chi connectivity index (χ2v) is 5.28. The Balaban J connectivity index is 1.73. The van der Waals surface area contributed by atoms with Gasteiger partial charge in [-0.05, 0) is 30.3 Å². The number of nitrogens with zero attached hydrogens (tertiary/aromatic N) is 2. The first-order chi connectivity index (χ1) is 10.3. The molecular weight excluding hydrogens is 290 g/mol. The first kappa shape index (κ1) is 13.7. The monoisotopic (exact) mass is 303 g/mol. The summed E-state index contributed by atoms with van der Waals surface area (Å²) >= 11 is 1.35. The Hall–Kier alpha value is -2.28. The Morgan fingerprint density at radius 2 is 2.10 bits per heavy atom. The zero-order valence-electron chi connectivity index (χ0n) is 11.3. The van der Waals surface area contributed by atoms with Crippen LogP contribution in [0.1, 0.15) is 0 Å². The number of nitrogens with one attached hydrogen (secondary N) is 1. The van der Waals surface area contributed by atoms with E-state index in [1.165, 1.54) is 11.8 Å². The average Bonchev–Trinajstić information content (AvgIpc) is 3.00. The van der Waals surface area contributed by atoms with Gasteiger partial charge in [0.15, 0.2) is 11.5 Å². The summed E-state index contributed by atoms with van der Waals surface area (Å²) in [6.45, 7) is 0.250. The van der Waals surface area contributed by atoms with Crippen molar-refractivity contribution in [3.05, 3.63) is 30.3 Å². The van der Waals surface area contributed by atoms with Crippen molar-refractivity contribution in [2.75, 3.05) is 19.6 Å². The van der Waals surface area contributed by atoms with Gasteiger partial charge in [-0.15, -0.1) is 10.2 Å². The summed E-state index contributed by atoms with van der Waals surface area (Å²) < 4.78 is 10.6. The highest BCUT2D eigenvalue weighted by Gasteiger charge is 2.14. The lowest BCUT2D eigenvalue weighted by Crippen LogP contribution is -2.19. The van der Waals surface area contributed by atoms with Crippen LogP contribution in [0.3, 0.4) is 0 Å². The molecule has 1 aliphatic heterocycles. The largest absolute Gasteiger partial charge is 0.454 e. The minimum Gasteiger partial charge on any atom is -0.454 e. The van der Waals surface area contributed by atoms with Gasteiger partial charge in [0.2, 0.25) is 12.7 Å². The van der Waals surface area contributed by atoms with E-state index in [0.717, 1.165) is 17.0 Å². The van der Waals surface area contributed by atoms with Gasteiger partial charge in [-0.2, -0.15) is 0 Å². The summed E-state index contributed by atoms with van der Waals surface area (Å²) in [6, 6.07) is 9.36. The number of hydrogen-bond donors (Lipinski definition) is 1. The van der Waals surface area contributed by atoms with Gasteiger partial charge < -0.3 is 14.8 Å². The van der Waals surface area contributed by atoms with Crippen molar-refractivity contribution in [1.82, 2.24) is 15.5 Å². The SMILES string of the molecule is CNC(=O)CSc1ccc(-c2ccc3c(c2)OCO3)nn1. The molecule has 3 rings (SSSR count). The summed E-state index contributed by atoms with van der Waals surface area (Å²) in [7, 11) is 1.61. The summed E-state index contributed by atoms with van der Waals surface area (Å²) in [5.74, 6) is 1.74. The molecule has 0 radical (unpaired) electrons. The number of ether oxygens (including phenoxy) is 2. The third-order valence-electron chi connectivity index (χ3n) is 2.94. The number of fused-ring (bicyclic) bond motifs is 1. The number of benzene rings is 1. The van der Waals surface area contributed by atoms with Gasteiger partial charge in [0.25, 0.3) is 0 Å². The lowest BCUT2D eigenvalue weighted by molar-refractivity contribution is -0.118. The molecule has 0 aliphatic carbocycles. The molecular formula is C14H13N3O3S. The van der Waals surface area contributed by atoms with E-state index < -0.39 is 0 Å². The van der Waals surface area contributed by atoms with Crippen LogP contribution < -0.4 is 14.8 Å². The lowest BCUT2D eigenvalue weighted by atomic mass is 10.1. The van der Waals surface area contributed by atoms with Crippen LogP contribution >= 0.6 is 11.8 Å². The van der Waals surface area contributed by atoms with Crippen molar-refractivity contribution in [3.8, 4) is 22.8 Å². The van der Waals surface area contributed by atoms with Gasteiger partial charge in [-0.1, -0.05) is 11.8 Å². The van der Waals surface area contributed by atoms with E-state index in [-0.39, 0.29) is 12.7 Å². The molecule has 0 fully saturated rings. The third-order valence-corrected chi connectivity index (χ3v) is 3.86. The Morgan fingerprint density at radius 3 is 2.86 bits per heavy atom. The van der Waals surface area contributed by atoms with Crippen LogP contribution in [0, 0.1) is 0 Å². The third kappa shape index (κ3) is 3.08. The highest BCUT2D eigenvalue weighted by molar-refractivity contribution is 7.99. The molecule has 108 valence electrons. The second kappa shape index (κ2) is 6.01. The summed E-state index contributed by atoms with van der Waals surface area (Å²) in [4.78, 5) is 11.2. The molecule has 7 heteroatoms. The van der Waals surface area contributed by atoms with Crippen LogP contribution in [0.2, 0.25) is 0 Å². The predicted molar refractivity (Wildman–Crippen MR) is 78.4 cm³/mol. The Kier molecular flexibility index (Phi) is 3.92. The molecule has 0 atom stereocenters. The Morgan fingerprint density at radius 1 is 1.24 bits per heavy atom. The minimum absolute atomic E-state index is 0.0401. The normalized spacial score (nSPS) is 12.2. The maximum atomic E-state index is 11.2. The molecule has 1 N–H and O–H groups in total. The fourth-order valence-corrected chi connectivity index (χ4v) is 2.50. The smallest absolute Gasteiger partial charge is 0.231 e. The number of thioether (sulfide) groups is 1. The first-order valence-electron chi connectivity index (χ1n) is 6.33. The molecule has 0 spiro atoms. The molecule has 1 aromatic heterocycles. The lowest BCUT2D eigenvalue weighted by Gasteiger charge is -2.03. The van der Waals surface area contributed by atoms with Crippen LogP contribution in [0.5, 0.6) is 11.5 Å². The first-order valence-corrected chi connectivity index (χ1v) is 7.32. The average molecular weight is 303 g/mol. The molecule has 0 saturated heterocycles. The standard InChI is InChI=1S/C14H13N3O3S/c1-15-13(18)7-21-14-5-3-10(16-17-14)9-2-4-11-12(6-9)20-8-19-11/h2-6H,7-8H2,1H3,(H,15,18). The van der Waals surface area contributed by atoms with Gasteiger partial charge in [0.1, 0.15) is 5.03 Å². The van der Waals surface area contributed by atoms with E-state index in [0.29, 0.717) is 16.5 Å². The van der Waals surface area contributed by atoms with E-state index in [9.17, 15) is 4.79 Å². The molecule has 0 saturated carbocycles. The molecule has 6 nitrogen and oxygen atoms in total. The fourth-order valence-electron chi connectivity index (χ4n) is 1.82. The maximum absolute atomic E-state index is 11.2. The molecule has 2 heterocycles. The van der Waals surface area contributed by atoms with Crippen molar-refractivity contribution < 1.29 is 14.3 Å². The molecule has 1 amide bonds. The van der Waals surface area contributed by atoms with Crippen LogP contribution in [-0.4, -0.2) is 35.7 Å². The molecule has 0 unspecified atom stereocenters. The zero-order chi connectivity index (χ0) is 14.7. The van der Waals surface area contributed by atoms with Gasteiger partial charge in [0, 0.05) is 12.6 Å². The van der Waals surface area contributed by atoms with Gasteiger partial charge >= 0.3 is 0 Å². The summed E-state index contributed by atoms with van der Waals surface area (Å²) in [5.41, 5.74) is 1.66. The molecule has 2 aromatic rings. The Labute approximate surface area is 125 Å². The number of rotatable bonds is 4. The number of aromatic nitrogens is 2. The molecule has 1 aliphatic rings. The zero-order valence-corrected chi connectivity index (χ0v) is 12.1. The van der Waals surface area contributed by atoms with Crippen LogP contribution in [-0.2, 0) is 4.79 Å². The van der Waals surface area contributed by atoms with Crippen LogP contribution in [0.15, 0.2) is 35.4 Å². The molecule has 21 heavy (non-hydrogen) atoms. The Bertz CT molecular complexity index is 661. The number of amides is 1. The minimum atomic E-state index is -0.0401. The summed E-state index contributed by atoms with van der Waals surface area (Å²) in [5, 5.41) is 11.6. The quantitative estimate of drug-likeness (QED) is 0.867. The van der Waals surface area contributed by atoms with Crippen LogP contribution in [0.25, 0.3) is 11.3 Å². The number of hydrogen-bond acceptors (Lipinski definition) is 6. The highest BCUT2D eigenvalue weighted by atomic mass is 32.2. The van der Waals surface area contributed by atoms with Gasteiger partial charge in [0.05, 0.1) is 11.4 Å². The summed E-state index contributed by atoms with van der Waals surface area (Å²) in [6.07, 6.45) is 0. The molecule has 0 bridgehead atoms. The van der Waals surface area contributed by atoms with E-state index in [1.54, 1.807) is 7.05 Å². The van der Waals surface area contributed by atoms with Gasteiger partial charge in [-0.3, -0.25) is 4.79 Å². The second-order valence-electron chi connectivity index (χ2n) is 4.29. The van der Waals surface area contributed by atoms with E-state index in [4.69, 9.17) is 9.47 Å². The molecule has 1 aromatic carbocycles. The van der Waals surface area contributed by atoms with Crippen LogP contribution in [0.4, 0.5) is 0 Å². The maximum Gasteiger partial charge on any atom is 0.231 e. The fraction of sp³-hybridized carbons (Fsp3) is 0.214. The van der Waals surface area contributed by atoms with Crippen molar-refractivity contribution in [2.45, 2.75) is 5.03 Å². The van der Waals surface area contributed by atoms with Gasteiger partial charge in [-0.25, -0.2) is 0 Å². The topological polar surface area (TPSA) is 73.3 Å². The number of carbonyl (C=O) groups is 1. The van der Waals surface area contributed by atoms with E-state index in [1.807, 2.05) is 30.3 Å². The van der Waals surface area contributed by atoms with Crippen molar-refractivity contribution in [2.24, 2.45) is 0 Å². The highest BCUT2D eigenvalue weighted by Crippen LogP contribution is 2.35. The van der Waals surface area contributed by atoms with Crippen molar-refractivity contribution >= 4 is 17.7 Å². The number of carbonyl (C=O) groups excluding carboxylic acids is 1. The predicted octanol–water partition coefficient (Wildman–Crippen LogP) is 1.71. The van der Waals surface area contributed by atoms with Crippen molar-refractivity contribution in [1.29, 1.82) is 0 Å². The van der Waals surface area contributed by atoms with E-state index >= 15 is 0 Å². The van der Waals surface area contributed by atoms with E-state index in [2.05, 4.69) is 15.5 Å².